The van der Waals surface area contributed by atoms with Crippen molar-refractivity contribution in [3.05, 3.63) is 59.9 Å². The zero-order valence-electron chi connectivity index (χ0n) is 9.41. The molecule has 0 fully saturated rings. The molecule has 0 aromatic heterocycles. The molecule has 0 atom stereocenters. The van der Waals surface area contributed by atoms with Gasteiger partial charge in [-0.2, -0.15) is 0 Å². The highest BCUT2D eigenvalue weighted by Crippen LogP contribution is 2.20. The average Bonchev–Trinajstić information content (AvgIpc) is 2.38. The number of halogens is 1. The van der Waals surface area contributed by atoms with Crippen LogP contribution in [-0.2, 0) is 4.74 Å². The van der Waals surface area contributed by atoms with E-state index in [4.69, 9.17) is 10.1 Å². The third-order valence-corrected chi connectivity index (χ3v) is 2.51. The molecule has 0 unspecified atom stereocenters. The van der Waals surface area contributed by atoms with Crippen molar-refractivity contribution < 1.29 is 9.13 Å². The van der Waals surface area contributed by atoms with Crippen molar-refractivity contribution in [2.45, 2.75) is 0 Å². The van der Waals surface area contributed by atoms with Crippen LogP contribution in [0.5, 0.6) is 0 Å². The Hall–Kier alpha value is -2.16. The Bertz CT molecular complexity index is 534. The van der Waals surface area contributed by atoms with E-state index in [0.29, 0.717) is 5.56 Å². The van der Waals surface area contributed by atoms with Gasteiger partial charge in [0.15, 0.2) is 0 Å². The minimum atomic E-state index is -0.254. The van der Waals surface area contributed by atoms with Crippen LogP contribution in [0, 0.1) is 11.2 Å². The molecular weight excluding hydrogens is 217 g/mol. The van der Waals surface area contributed by atoms with Crippen molar-refractivity contribution in [1.82, 2.24) is 0 Å². The van der Waals surface area contributed by atoms with E-state index in [1.807, 2.05) is 18.2 Å². The van der Waals surface area contributed by atoms with Crippen LogP contribution in [0.1, 0.15) is 5.56 Å². The van der Waals surface area contributed by atoms with Crippen molar-refractivity contribution in [2.75, 3.05) is 7.11 Å². The first kappa shape index (κ1) is 11.3. The lowest BCUT2D eigenvalue weighted by atomic mass is 10.0. The van der Waals surface area contributed by atoms with Crippen LogP contribution in [-0.4, -0.2) is 13.0 Å². The van der Waals surface area contributed by atoms with Crippen LogP contribution in [0.3, 0.4) is 0 Å². The van der Waals surface area contributed by atoms with Crippen LogP contribution in [0.25, 0.3) is 11.1 Å². The molecule has 0 saturated heterocycles. The maximum absolute atomic E-state index is 13.1. The van der Waals surface area contributed by atoms with Crippen LogP contribution < -0.4 is 0 Å². The van der Waals surface area contributed by atoms with Crippen molar-refractivity contribution in [1.29, 1.82) is 5.41 Å². The SMILES string of the molecule is COC(=N)c1ccc(-c2cccc(F)c2)cc1. The summed E-state index contributed by atoms with van der Waals surface area (Å²) in [5.41, 5.74) is 2.44. The van der Waals surface area contributed by atoms with Crippen LogP contribution in [0.15, 0.2) is 48.5 Å². The number of hydrogen-bond donors (Lipinski definition) is 1. The van der Waals surface area contributed by atoms with E-state index < -0.39 is 0 Å². The highest BCUT2D eigenvalue weighted by molar-refractivity contribution is 5.92. The van der Waals surface area contributed by atoms with Gasteiger partial charge in [0.25, 0.3) is 0 Å². The molecule has 0 spiro atoms. The predicted octanol–water partition coefficient (Wildman–Crippen LogP) is 3.46. The summed E-state index contributed by atoms with van der Waals surface area (Å²) >= 11 is 0. The minimum absolute atomic E-state index is 0.121. The van der Waals surface area contributed by atoms with Crippen molar-refractivity contribution in [3.63, 3.8) is 0 Å². The van der Waals surface area contributed by atoms with E-state index in [-0.39, 0.29) is 11.7 Å². The van der Waals surface area contributed by atoms with Crippen LogP contribution in [0.4, 0.5) is 4.39 Å². The van der Waals surface area contributed by atoms with Gasteiger partial charge in [-0.1, -0.05) is 24.3 Å². The van der Waals surface area contributed by atoms with Gasteiger partial charge in [0, 0.05) is 5.56 Å². The lowest BCUT2D eigenvalue weighted by Crippen LogP contribution is -2.00. The molecule has 0 aliphatic carbocycles. The number of benzene rings is 2. The maximum Gasteiger partial charge on any atom is 0.212 e. The second-order valence-corrected chi connectivity index (χ2v) is 3.62. The fourth-order valence-corrected chi connectivity index (χ4v) is 1.60. The topological polar surface area (TPSA) is 33.1 Å². The average molecular weight is 229 g/mol. The lowest BCUT2D eigenvalue weighted by Gasteiger charge is -2.05. The molecule has 1 N–H and O–H groups in total. The second kappa shape index (κ2) is 4.78. The lowest BCUT2D eigenvalue weighted by molar-refractivity contribution is 0.401. The fraction of sp³-hybridized carbons (Fsp3) is 0.0714. The van der Waals surface area contributed by atoms with E-state index in [1.165, 1.54) is 19.2 Å². The first-order chi connectivity index (χ1) is 8.20. The van der Waals surface area contributed by atoms with Gasteiger partial charge in [-0.05, 0) is 35.4 Å². The fourth-order valence-electron chi connectivity index (χ4n) is 1.60. The summed E-state index contributed by atoms with van der Waals surface area (Å²) in [6, 6.07) is 13.7. The molecule has 0 heterocycles. The first-order valence-electron chi connectivity index (χ1n) is 5.19. The van der Waals surface area contributed by atoms with Gasteiger partial charge in [0.1, 0.15) is 5.82 Å². The molecule has 17 heavy (non-hydrogen) atoms. The number of ether oxygens (including phenoxy) is 1. The molecule has 2 aromatic rings. The monoisotopic (exact) mass is 229 g/mol. The first-order valence-corrected chi connectivity index (χ1v) is 5.19. The zero-order valence-corrected chi connectivity index (χ0v) is 9.41. The van der Waals surface area contributed by atoms with Gasteiger partial charge in [-0.15, -0.1) is 0 Å². The Labute approximate surface area is 99.2 Å². The molecule has 86 valence electrons. The predicted molar refractivity (Wildman–Crippen MR) is 65.7 cm³/mol. The van der Waals surface area contributed by atoms with Gasteiger partial charge >= 0.3 is 0 Å². The Morgan fingerprint density at radius 1 is 1.06 bits per heavy atom. The summed E-state index contributed by atoms with van der Waals surface area (Å²) in [4.78, 5) is 0. The van der Waals surface area contributed by atoms with Gasteiger partial charge in [-0.3, -0.25) is 5.41 Å². The van der Waals surface area contributed by atoms with Gasteiger partial charge in [0.2, 0.25) is 5.90 Å². The standard InChI is InChI=1S/C14H12FNO/c1-17-14(16)11-7-5-10(6-8-11)12-3-2-4-13(15)9-12/h2-9,16H,1H3. The van der Waals surface area contributed by atoms with Crippen molar-refractivity contribution >= 4 is 5.90 Å². The van der Waals surface area contributed by atoms with Gasteiger partial charge in [0.05, 0.1) is 7.11 Å². The molecule has 0 aliphatic rings. The number of nitrogens with one attached hydrogen (secondary N) is 1. The second-order valence-electron chi connectivity index (χ2n) is 3.62. The summed E-state index contributed by atoms with van der Waals surface area (Å²) in [5.74, 6) is -0.132. The molecule has 0 amide bonds. The molecule has 2 rings (SSSR count). The summed E-state index contributed by atoms with van der Waals surface area (Å²) in [6.07, 6.45) is 0. The third-order valence-electron chi connectivity index (χ3n) is 2.51. The number of hydrogen-bond acceptors (Lipinski definition) is 2. The molecule has 2 nitrogen and oxygen atoms in total. The summed E-state index contributed by atoms with van der Waals surface area (Å²) in [6.45, 7) is 0. The zero-order chi connectivity index (χ0) is 12.3. The molecule has 2 aromatic carbocycles. The summed E-state index contributed by atoms with van der Waals surface area (Å²) in [5, 5.41) is 7.51. The Balaban J connectivity index is 2.32. The Morgan fingerprint density at radius 3 is 2.35 bits per heavy atom. The molecule has 0 aliphatic heterocycles. The Kier molecular flexibility index (Phi) is 3.19. The highest BCUT2D eigenvalue weighted by atomic mass is 19.1. The summed E-state index contributed by atoms with van der Waals surface area (Å²) < 4.78 is 17.9. The van der Waals surface area contributed by atoms with E-state index in [9.17, 15) is 4.39 Å². The van der Waals surface area contributed by atoms with Crippen molar-refractivity contribution in [2.24, 2.45) is 0 Å². The van der Waals surface area contributed by atoms with Gasteiger partial charge in [-0.25, -0.2) is 4.39 Å². The van der Waals surface area contributed by atoms with E-state index in [2.05, 4.69) is 0 Å². The normalized spacial score (nSPS) is 10.0. The van der Waals surface area contributed by atoms with E-state index in [0.717, 1.165) is 11.1 Å². The number of rotatable bonds is 2. The number of methoxy groups -OCH3 is 1. The molecule has 3 heteroatoms. The smallest absolute Gasteiger partial charge is 0.212 e. The quantitative estimate of drug-likeness (QED) is 0.620. The van der Waals surface area contributed by atoms with E-state index in [1.54, 1.807) is 18.2 Å². The largest absolute Gasteiger partial charge is 0.481 e. The molecular formula is C14H12FNO. The summed E-state index contributed by atoms with van der Waals surface area (Å²) in [7, 11) is 1.46. The van der Waals surface area contributed by atoms with Crippen molar-refractivity contribution in [3.8, 4) is 11.1 Å². The highest BCUT2D eigenvalue weighted by Gasteiger charge is 2.02. The molecule has 0 bridgehead atoms. The molecule has 0 saturated carbocycles. The Morgan fingerprint density at radius 2 is 1.76 bits per heavy atom. The van der Waals surface area contributed by atoms with Gasteiger partial charge < -0.3 is 4.74 Å². The van der Waals surface area contributed by atoms with Crippen LogP contribution in [0.2, 0.25) is 0 Å². The third kappa shape index (κ3) is 2.50. The van der Waals surface area contributed by atoms with Crippen LogP contribution >= 0.6 is 0 Å². The molecule has 0 radical (unpaired) electrons. The maximum atomic E-state index is 13.1. The van der Waals surface area contributed by atoms with E-state index >= 15 is 0 Å². The minimum Gasteiger partial charge on any atom is -0.481 e.